The van der Waals surface area contributed by atoms with E-state index in [0.29, 0.717) is 17.0 Å². The Bertz CT molecular complexity index is 734. The summed E-state index contributed by atoms with van der Waals surface area (Å²) in [5, 5.41) is 20.9. The summed E-state index contributed by atoms with van der Waals surface area (Å²) in [6.45, 7) is 4.01. The summed E-state index contributed by atoms with van der Waals surface area (Å²) in [6.07, 6.45) is 3.01. The lowest BCUT2D eigenvalue weighted by molar-refractivity contribution is 0.0685. The molecule has 0 unspecified atom stereocenters. The number of carboxylic acid groups (broad SMARTS) is 2. The van der Waals surface area contributed by atoms with E-state index in [9.17, 15) is 9.59 Å². The van der Waals surface area contributed by atoms with Gasteiger partial charge in [-0.1, -0.05) is 37.3 Å². The van der Waals surface area contributed by atoms with Gasteiger partial charge < -0.3 is 15.5 Å². The summed E-state index contributed by atoms with van der Waals surface area (Å²) in [6, 6.07) is 14.3. The van der Waals surface area contributed by atoms with Crippen LogP contribution in [-0.4, -0.2) is 35.2 Å². The molecule has 0 atom stereocenters. The van der Waals surface area contributed by atoms with Crippen molar-refractivity contribution in [3.05, 3.63) is 70.8 Å². The van der Waals surface area contributed by atoms with Crippen LogP contribution in [0.4, 0.5) is 0 Å². The molecule has 0 aliphatic carbocycles. The van der Waals surface area contributed by atoms with E-state index in [4.69, 9.17) is 10.2 Å². The second-order valence-electron chi connectivity index (χ2n) is 6.27. The van der Waals surface area contributed by atoms with Crippen LogP contribution >= 0.6 is 0 Å². The van der Waals surface area contributed by atoms with Crippen molar-refractivity contribution >= 4 is 11.9 Å². The van der Waals surface area contributed by atoms with Crippen LogP contribution < -0.4 is 5.32 Å². The SMILES string of the molecule is CCc1ccc(C(=O)O)cc1.O=C(O)c1ccccc1C1CCNCC1. The third-order valence-corrected chi connectivity index (χ3v) is 4.58. The van der Waals surface area contributed by atoms with E-state index in [1.807, 2.05) is 31.2 Å². The van der Waals surface area contributed by atoms with Gasteiger partial charge in [0.1, 0.15) is 0 Å². The number of nitrogens with one attached hydrogen (secondary N) is 1. The highest BCUT2D eigenvalue weighted by Crippen LogP contribution is 2.27. The van der Waals surface area contributed by atoms with Crippen LogP contribution in [0.15, 0.2) is 48.5 Å². The van der Waals surface area contributed by atoms with Crippen LogP contribution in [0.1, 0.15) is 57.5 Å². The lowest BCUT2D eigenvalue weighted by atomic mass is 9.87. The van der Waals surface area contributed by atoms with Crippen LogP contribution in [0.5, 0.6) is 0 Å². The molecule has 1 aliphatic heterocycles. The summed E-state index contributed by atoms with van der Waals surface area (Å²) in [4.78, 5) is 21.4. The molecule has 0 amide bonds. The van der Waals surface area contributed by atoms with E-state index in [1.165, 1.54) is 0 Å². The van der Waals surface area contributed by atoms with Gasteiger partial charge in [-0.15, -0.1) is 0 Å². The molecule has 3 N–H and O–H groups in total. The predicted molar refractivity (Wildman–Crippen MR) is 101 cm³/mol. The Morgan fingerprint density at radius 3 is 2.12 bits per heavy atom. The predicted octanol–water partition coefficient (Wildman–Crippen LogP) is 3.80. The molecule has 0 radical (unpaired) electrons. The first-order valence-electron chi connectivity index (χ1n) is 8.88. The topological polar surface area (TPSA) is 86.6 Å². The minimum absolute atomic E-state index is 0.349. The molecular weight excluding hydrogens is 330 g/mol. The van der Waals surface area contributed by atoms with Gasteiger partial charge in [0.05, 0.1) is 11.1 Å². The maximum Gasteiger partial charge on any atom is 0.335 e. The Morgan fingerprint density at radius 1 is 0.962 bits per heavy atom. The van der Waals surface area contributed by atoms with Gasteiger partial charge in [0.2, 0.25) is 0 Å². The number of carbonyl (C=O) groups is 2. The zero-order valence-corrected chi connectivity index (χ0v) is 14.9. The zero-order chi connectivity index (χ0) is 18.9. The van der Waals surface area contributed by atoms with Crippen molar-refractivity contribution in [2.45, 2.75) is 32.1 Å². The second kappa shape index (κ2) is 9.73. The van der Waals surface area contributed by atoms with Crippen molar-refractivity contribution in [3.63, 3.8) is 0 Å². The highest BCUT2D eigenvalue weighted by molar-refractivity contribution is 5.89. The first-order valence-corrected chi connectivity index (χ1v) is 8.88. The summed E-state index contributed by atoms with van der Waals surface area (Å²) in [7, 11) is 0. The number of hydrogen-bond donors (Lipinski definition) is 3. The summed E-state index contributed by atoms with van der Waals surface area (Å²) < 4.78 is 0. The number of aryl methyl sites for hydroxylation is 1. The fraction of sp³-hybridized carbons (Fsp3) is 0.333. The Labute approximate surface area is 153 Å². The molecule has 2 aromatic rings. The lowest BCUT2D eigenvalue weighted by Gasteiger charge is -2.24. The number of rotatable bonds is 4. The normalized spacial score (nSPS) is 14.2. The summed E-state index contributed by atoms with van der Waals surface area (Å²) >= 11 is 0. The summed E-state index contributed by atoms with van der Waals surface area (Å²) in [5.74, 6) is -1.28. The van der Waals surface area contributed by atoms with Gasteiger partial charge in [0, 0.05) is 0 Å². The zero-order valence-electron chi connectivity index (χ0n) is 14.9. The standard InChI is InChI=1S/C12H15NO2.C9H10O2/c14-12(15)11-4-2-1-3-10(11)9-5-7-13-8-6-9;1-2-7-3-5-8(6-4-7)9(10)11/h1-4,9,13H,5-8H2,(H,14,15);3-6H,2H2,1H3,(H,10,11). The monoisotopic (exact) mass is 355 g/mol. The summed E-state index contributed by atoms with van der Waals surface area (Å²) in [5.41, 5.74) is 2.97. The number of hydrogen-bond acceptors (Lipinski definition) is 3. The van der Waals surface area contributed by atoms with Gasteiger partial charge in [-0.3, -0.25) is 0 Å². The average molecular weight is 355 g/mol. The number of carboxylic acids is 2. The number of piperidine rings is 1. The van der Waals surface area contributed by atoms with Gasteiger partial charge in [0.25, 0.3) is 0 Å². The van der Waals surface area contributed by atoms with E-state index in [0.717, 1.165) is 43.5 Å². The molecule has 5 heteroatoms. The van der Waals surface area contributed by atoms with Crippen LogP contribution in [0, 0.1) is 0 Å². The molecule has 0 spiro atoms. The van der Waals surface area contributed by atoms with Crippen LogP contribution in [0.3, 0.4) is 0 Å². The first kappa shape index (κ1) is 19.7. The fourth-order valence-electron chi connectivity index (χ4n) is 3.06. The highest BCUT2D eigenvalue weighted by Gasteiger charge is 2.20. The molecule has 2 aromatic carbocycles. The van der Waals surface area contributed by atoms with Crippen molar-refractivity contribution in [1.82, 2.24) is 5.32 Å². The molecule has 138 valence electrons. The molecule has 3 rings (SSSR count). The Kier molecular flexibility index (Phi) is 7.36. The fourth-order valence-corrected chi connectivity index (χ4v) is 3.06. The van der Waals surface area contributed by atoms with Crippen LogP contribution in [0.25, 0.3) is 0 Å². The Balaban J connectivity index is 0.000000197. The van der Waals surface area contributed by atoms with Crippen molar-refractivity contribution in [2.75, 3.05) is 13.1 Å². The van der Waals surface area contributed by atoms with E-state index >= 15 is 0 Å². The van der Waals surface area contributed by atoms with Crippen molar-refractivity contribution in [2.24, 2.45) is 0 Å². The van der Waals surface area contributed by atoms with E-state index < -0.39 is 11.9 Å². The minimum Gasteiger partial charge on any atom is -0.478 e. The molecule has 0 saturated carbocycles. The van der Waals surface area contributed by atoms with Gasteiger partial charge in [-0.2, -0.15) is 0 Å². The van der Waals surface area contributed by atoms with Crippen molar-refractivity contribution < 1.29 is 19.8 Å². The minimum atomic E-state index is -0.868. The maximum atomic E-state index is 11.0. The van der Waals surface area contributed by atoms with Gasteiger partial charge in [-0.25, -0.2) is 9.59 Å². The Morgan fingerprint density at radius 2 is 1.58 bits per heavy atom. The van der Waals surface area contributed by atoms with Crippen LogP contribution in [-0.2, 0) is 6.42 Å². The van der Waals surface area contributed by atoms with Crippen molar-refractivity contribution in [1.29, 1.82) is 0 Å². The lowest BCUT2D eigenvalue weighted by Crippen LogP contribution is -2.27. The molecule has 1 saturated heterocycles. The van der Waals surface area contributed by atoms with Crippen LogP contribution in [0.2, 0.25) is 0 Å². The number of aromatic carboxylic acids is 2. The third kappa shape index (κ3) is 5.43. The average Bonchev–Trinajstić information content (AvgIpc) is 2.69. The first-order chi connectivity index (χ1) is 12.5. The van der Waals surface area contributed by atoms with E-state index in [2.05, 4.69) is 5.32 Å². The van der Waals surface area contributed by atoms with Gasteiger partial charge >= 0.3 is 11.9 Å². The van der Waals surface area contributed by atoms with Gasteiger partial charge in [-0.05, 0) is 67.6 Å². The molecule has 1 fully saturated rings. The molecule has 5 nitrogen and oxygen atoms in total. The van der Waals surface area contributed by atoms with Crippen molar-refractivity contribution in [3.8, 4) is 0 Å². The third-order valence-electron chi connectivity index (χ3n) is 4.58. The van der Waals surface area contributed by atoms with Gasteiger partial charge in [0.15, 0.2) is 0 Å². The number of benzene rings is 2. The Hall–Kier alpha value is -2.66. The highest BCUT2D eigenvalue weighted by atomic mass is 16.4. The molecule has 1 aliphatic rings. The quantitative estimate of drug-likeness (QED) is 0.776. The largest absolute Gasteiger partial charge is 0.478 e. The second-order valence-corrected chi connectivity index (χ2v) is 6.27. The molecule has 0 aromatic heterocycles. The maximum absolute atomic E-state index is 11.0. The molecule has 0 bridgehead atoms. The smallest absolute Gasteiger partial charge is 0.335 e. The molecule has 1 heterocycles. The molecular formula is C21H25NO4. The van der Waals surface area contributed by atoms with E-state index in [-0.39, 0.29) is 0 Å². The molecule has 26 heavy (non-hydrogen) atoms. The van der Waals surface area contributed by atoms with E-state index in [1.54, 1.807) is 24.3 Å².